The van der Waals surface area contributed by atoms with Crippen molar-refractivity contribution < 1.29 is 4.79 Å². The zero-order valence-corrected chi connectivity index (χ0v) is 12.1. The van der Waals surface area contributed by atoms with Crippen molar-refractivity contribution in [2.75, 3.05) is 13.1 Å². The van der Waals surface area contributed by atoms with Crippen molar-refractivity contribution in [2.24, 2.45) is 0 Å². The Kier molecular flexibility index (Phi) is 7.91. The maximum absolute atomic E-state index is 11.5. The summed E-state index contributed by atoms with van der Waals surface area (Å²) in [5, 5.41) is 6.36. The molecule has 0 aliphatic carbocycles. The van der Waals surface area contributed by atoms with Crippen LogP contribution >= 0.6 is 0 Å². The summed E-state index contributed by atoms with van der Waals surface area (Å²) in [5.41, 5.74) is 1.34. The zero-order chi connectivity index (χ0) is 13.9. The molecule has 1 aromatic rings. The van der Waals surface area contributed by atoms with Gasteiger partial charge in [0.15, 0.2) is 0 Å². The van der Waals surface area contributed by atoms with Crippen LogP contribution in [0, 0.1) is 0 Å². The average Bonchev–Trinajstić information content (AvgIpc) is 2.45. The van der Waals surface area contributed by atoms with Crippen molar-refractivity contribution >= 4 is 5.91 Å². The minimum absolute atomic E-state index is 0.143. The first-order valence-corrected chi connectivity index (χ1v) is 7.30. The molecule has 0 aliphatic heterocycles. The Hall–Kier alpha value is -1.35. The highest BCUT2D eigenvalue weighted by atomic mass is 16.1. The maximum Gasteiger partial charge on any atom is 0.221 e. The Morgan fingerprint density at radius 2 is 1.89 bits per heavy atom. The third-order valence-electron chi connectivity index (χ3n) is 3.17. The SMILES string of the molecule is CCCNC(=O)CCNC(CC)Cc1ccccc1. The molecule has 0 saturated heterocycles. The van der Waals surface area contributed by atoms with Gasteiger partial charge in [-0.25, -0.2) is 0 Å². The van der Waals surface area contributed by atoms with E-state index in [1.807, 2.05) is 6.07 Å². The molecule has 1 unspecified atom stereocenters. The van der Waals surface area contributed by atoms with Gasteiger partial charge in [0, 0.05) is 25.6 Å². The van der Waals surface area contributed by atoms with E-state index in [-0.39, 0.29) is 5.91 Å². The van der Waals surface area contributed by atoms with Crippen molar-refractivity contribution in [3.05, 3.63) is 35.9 Å². The predicted molar refractivity (Wildman–Crippen MR) is 80.1 cm³/mol. The van der Waals surface area contributed by atoms with Crippen molar-refractivity contribution in [1.29, 1.82) is 0 Å². The van der Waals surface area contributed by atoms with Crippen LogP contribution in [0.5, 0.6) is 0 Å². The zero-order valence-electron chi connectivity index (χ0n) is 12.1. The summed E-state index contributed by atoms with van der Waals surface area (Å²) in [6, 6.07) is 10.9. The van der Waals surface area contributed by atoms with E-state index in [9.17, 15) is 4.79 Å². The lowest BCUT2D eigenvalue weighted by atomic mass is 10.0. The fraction of sp³-hybridized carbons (Fsp3) is 0.562. The summed E-state index contributed by atoms with van der Waals surface area (Å²) < 4.78 is 0. The highest BCUT2D eigenvalue weighted by Crippen LogP contribution is 2.05. The molecule has 19 heavy (non-hydrogen) atoms. The Labute approximate surface area is 116 Å². The van der Waals surface area contributed by atoms with Crippen molar-refractivity contribution in [1.82, 2.24) is 10.6 Å². The quantitative estimate of drug-likeness (QED) is 0.718. The van der Waals surface area contributed by atoms with E-state index < -0.39 is 0 Å². The molecule has 0 aromatic heterocycles. The van der Waals surface area contributed by atoms with E-state index in [4.69, 9.17) is 0 Å². The second kappa shape index (κ2) is 9.56. The molecule has 0 spiro atoms. The number of hydrogen-bond acceptors (Lipinski definition) is 2. The van der Waals surface area contributed by atoms with Crippen LogP contribution in [-0.2, 0) is 11.2 Å². The largest absolute Gasteiger partial charge is 0.356 e. The van der Waals surface area contributed by atoms with Crippen LogP contribution in [0.15, 0.2) is 30.3 Å². The van der Waals surface area contributed by atoms with E-state index in [0.29, 0.717) is 12.5 Å². The molecule has 1 aromatic carbocycles. The van der Waals surface area contributed by atoms with Gasteiger partial charge in [0.05, 0.1) is 0 Å². The van der Waals surface area contributed by atoms with E-state index in [1.54, 1.807) is 0 Å². The fourth-order valence-corrected chi connectivity index (χ4v) is 2.00. The molecule has 3 heteroatoms. The highest BCUT2D eigenvalue weighted by molar-refractivity contribution is 5.75. The van der Waals surface area contributed by atoms with Crippen molar-refractivity contribution in [3.8, 4) is 0 Å². The Morgan fingerprint density at radius 1 is 1.16 bits per heavy atom. The normalized spacial score (nSPS) is 12.1. The van der Waals surface area contributed by atoms with Gasteiger partial charge in [-0.3, -0.25) is 4.79 Å². The first-order valence-electron chi connectivity index (χ1n) is 7.30. The van der Waals surface area contributed by atoms with Crippen LogP contribution in [0.2, 0.25) is 0 Å². The number of carbonyl (C=O) groups is 1. The minimum atomic E-state index is 0.143. The summed E-state index contributed by atoms with van der Waals surface area (Å²) in [4.78, 5) is 11.5. The fourth-order valence-electron chi connectivity index (χ4n) is 2.00. The van der Waals surface area contributed by atoms with Gasteiger partial charge in [0.1, 0.15) is 0 Å². The molecular formula is C16H26N2O. The van der Waals surface area contributed by atoms with Gasteiger partial charge in [-0.05, 0) is 24.8 Å². The lowest BCUT2D eigenvalue weighted by Gasteiger charge is -2.17. The average molecular weight is 262 g/mol. The van der Waals surface area contributed by atoms with Crippen LogP contribution in [0.1, 0.15) is 38.7 Å². The van der Waals surface area contributed by atoms with E-state index in [2.05, 4.69) is 48.7 Å². The van der Waals surface area contributed by atoms with Gasteiger partial charge in [0.25, 0.3) is 0 Å². The smallest absolute Gasteiger partial charge is 0.221 e. The second-order valence-electron chi connectivity index (χ2n) is 4.85. The second-order valence-corrected chi connectivity index (χ2v) is 4.85. The van der Waals surface area contributed by atoms with Crippen LogP contribution < -0.4 is 10.6 Å². The van der Waals surface area contributed by atoms with E-state index in [1.165, 1.54) is 5.56 Å². The third-order valence-corrected chi connectivity index (χ3v) is 3.17. The van der Waals surface area contributed by atoms with Crippen molar-refractivity contribution in [3.63, 3.8) is 0 Å². The molecule has 2 N–H and O–H groups in total. The standard InChI is InChI=1S/C16H26N2O/c1-3-11-18-16(19)10-12-17-15(4-2)13-14-8-6-5-7-9-14/h5-9,15,17H,3-4,10-13H2,1-2H3,(H,18,19). The molecule has 3 nitrogen and oxygen atoms in total. The van der Waals surface area contributed by atoms with Crippen LogP contribution in [0.4, 0.5) is 0 Å². The van der Waals surface area contributed by atoms with Crippen LogP contribution in [0.3, 0.4) is 0 Å². The van der Waals surface area contributed by atoms with Gasteiger partial charge in [-0.1, -0.05) is 44.2 Å². The van der Waals surface area contributed by atoms with E-state index in [0.717, 1.165) is 32.4 Å². The summed E-state index contributed by atoms with van der Waals surface area (Å²) in [7, 11) is 0. The first-order chi connectivity index (χ1) is 9.26. The topological polar surface area (TPSA) is 41.1 Å². The molecule has 0 radical (unpaired) electrons. The lowest BCUT2D eigenvalue weighted by molar-refractivity contribution is -0.121. The molecular weight excluding hydrogens is 236 g/mol. The third kappa shape index (κ3) is 6.97. The monoisotopic (exact) mass is 262 g/mol. The van der Waals surface area contributed by atoms with Crippen molar-refractivity contribution in [2.45, 2.75) is 45.6 Å². The maximum atomic E-state index is 11.5. The Balaban J connectivity index is 2.24. The van der Waals surface area contributed by atoms with Gasteiger partial charge >= 0.3 is 0 Å². The number of amides is 1. The number of rotatable bonds is 9. The van der Waals surface area contributed by atoms with Crippen LogP contribution in [-0.4, -0.2) is 25.0 Å². The molecule has 0 bridgehead atoms. The van der Waals surface area contributed by atoms with Gasteiger partial charge in [-0.2, -0.15) is 0 Å². The number of carbonyl (C=O) groups excluding carboxylic acids is 1. The first kappa shape index (κ1) is 15.7. The molecule has 0 aliphatic rings. The Morgan fingerprint density at radius 3 is 2.53 bits per heavy atom. The summed E-state index contributed by atoms with van der Waals surface area (Å²) in [6.07, 6.45) is 3.65. The molecule has 1 rings (SSSR count). The highest BCUT2D eigenvalue weighted by Gasteiger charge is 2.07. The molecule has 1 amide bonds. The summed E-state index contributed by atoms with van der Waals surface area (Å²) in [6.45, 7) is 5.77. The Bertz CT molecular complexity index is 351. The predicted octanol–water partition coefficient (Wildman–Crippen LogP) is 2.51. The van der Waals surface area contributed by atoms with E-state index >= 15 is 0 Å². The van der Waals surface area contributed by atoms with Gasteiger partial charge < -0.3 is 10.6 Å². The molecule has 1 atom stereocenters. The molecule has 0 saturated carbocycles. The van der Waals surface area contributed by atoms with Crippen LogP contribution in [0.25, 0.3) is 0 Å². The molecule has 0 heterocycles. The summed E-state index contributed by atoms with van der Waals surface area (Å²) in [5.74, 6) is 0.143. The molecule has 106 valence electrons. The van der Waals surface area contributed by atoms with Gasteiger partial charge in [0.2, 0.25) is 5.91 Å². The minimum Gasteiger partial charge on any atom is -0.356 e. The lowest BCUT2D eigenvalue weighted by Crippen LogP contribution is -2.34. The van der Waals surface area contributed by atoms with Gasteiger partial charge in [-0.15, -0.1) is 0 Å². The number of hydrogen-bond donors (Lipinski definition) is 2. The molecule has 0 fully saturated rings. The number of benzene rings is 1. The summed E-state index contributed by atoms with van der Waals surface area (Å²) >= 11 is 0. The number of nitrogens with one attached hydrogen (secondary N) is 2.